The Hall–Kier alpha value is -0.0400. The molecule has 0 unspecified atom stereocenters. The van der Waals surface area contributed by atoms with Gasteiger partial charge in [-0.15, -0.1) is 0 Å². The zero-order valence-electron chi connectivity index (χ0n) is 10.3. The van der Waals surface area contributed by atoms with Crippen LogP contribution in [0.2, 0.25) is 0 Å². The van der Waals surface area contributed by atoms with Crippen molar-refractivity contribution in [3.63, 3.8) is 0 Å². The number of nitrogens with one attached hydrogen (secondary N) is 1. The fraction of sp³-hybridized carbons (Fsp3) is 1.00. The van der Waals surface area contributed by atoms with Crippen molar-refractivity contribution in [1.82, 2.24) is 5.32 Å². The highest BCUT2D eigenvalue weighted by Gasteiger charge is 2.17. The molecule has 0 aromatic rings. The Morgan fingerprint density at radius 3 is 1.85 bits per heavy atom. The van der Waals surface area contributed by atoms with Gasteiger partial charge >= 0.3 is 0 Å². The molecule has 0 rings (SSSR count). The molecule has 0 aliphatic carbocycles. The molecule has 1 nitrogen and oxygen atoms in total. The van der Waals surface area contributed by atoms with Crippen LogP contribution in [0.4, 0.5) is 0 Å². The van der Waals surface area contributed by atoms with Crippen LogP contribution in [0.25, 0.3) is 0 Å². The molecule has 0 aromatic heterocycles. The van der Waals surface area contributed by atoms with Crippen molar-refractivity contribution in [2.75, 3.05) is 13.1 Å². The van der Waals surface area contributed by atoms with E-state index in [1.165, 1.54) is 12.8 Å². The van der Waals surface area contributed by atoms with Crippen LogP contribution in [0.5, 0.6) is 0 Å². The molecule has 0 bridgehead atoms. The third-order valence-electron chi connectivity index (χ3n) is 2.19. The Balaban J connectivity index is 3.63. The molecule has 0 saturated carbocycles. The predicted molar refractivity (Wildman–Crippen MR) is 61.0 cm³/mol. The molecule has 0 radical (unpaired) electrons. The predicted octanol–water partition coefficient (Wildman–Crippen LogP) is 3.45. The van der Waals surface area contributed by atoms with Crippen molar-refractivity contribution in [2.24, 2.45) is 10.8 Å². The highest BCUT2D eigenvalue weighted by atomic mass is 14.9. The average molecular weight is 185 g/mol. The van der Waals surface area contributed by atoms with Crippen LogP contribution in [-0.2, 0) is 0 Å². The smallest absolute Gasteiger partial charge is 0.000274 e. The van der Waals surface area contributed by atoms with Gasteiger partial charge < -0.3 is 5.32 Å². The molecule has 0 fully saturated rings. The van der Waals surface area contributed by atoms with Gasteiger partial charge in [0.05, 0.1) is 0 Å². The summed E-state index contributed by atoms with van der Waals surface area (Å²) in [6.45, 7) is 16.0. The number of rotatable bonds is 5. The molecule has 0 aromatic carbocycles. The van der Waals surface area contributed by atoms with E-state index < -0.39 is 0 Å². The zero-order chi connectivity index (χ0) is 10.5. The first-order valence-corrected chi connectivity index (χ1v) is 5.47. The maximum absolute atomic E-state index is 3.55. The summed E-state index contributed by atoms with van der Waals surface area (Å²) in [5.41, 5.74) is 0.863. The zero-order valence-corrected chi connectivity index (χ0v) is 10.3. The second-order valence-electron chi connectivity index (χ2n) is 6.08. The van der Waals surface area contributed by atoms with Crippen LogP contribution in [0.1, 0.15) is 54.4 Å². The first kappa shape index (κ1) is 13.0. The lowest BCUT2D eigenvalue weighted by atomic mass is 9.87. The highest BCUT2D eigenvalue weighted by Crippen LogP contribution is 2.21. The molecule has 0 heterocycles. The summed E-state index contributed by atoms with van der Waals surface area (Å²) in [4.78, 5) is 0. The minimum absolute atomic E-state index is 0.405. The van der Waals surface area contributed by atoms with Crippen molar-refractivity contribution in [3.8, 4) is 0 Å². The molecule has 0 aliphatic rings. The van der Waals surface area contributed by atoms with E-state index in [1.807, 2.05) is 0 Å². The largest absolute Gasteiger partial charge is 0.316 e. The van der Waals surface area contributed by atoms with E-state index >= 15 is 0 Å². The van der Waals surface area contributed by atoms with Crippen LogP contribution in [0.3, 0.4) is 0 Å². The van der Waals surface area contributed by atoms with Gasteiger partial charge in [0.15, 0.2) is 0 Å². The Kier molecular flexibility index (Phi) is 4.98. The van der Waals surface area contributed by atoms with Crippen LogP contribution in [0, 0.1) is 10.8 Å². The molecule has 80 valence electrons. The summed E-state index contributed by atoms with van der Waals surface area (Å²) in [5, 5.41) is 3.55. The van der Waals surface area contributed by atoms with E-state index in [2.05, 4.69) is 46.9 Å². The van der Waals surface area contributed by atoms with Crippen LogP contribution in [0.15, 0.2) is 0 Å². The summed E-state index contributed by atoms with van der Waals surface area (Å²) in [6.07, 6.45) is 2.59. The van der Waals surface area contributed by atoms with Crippen molar-refractivity contribution >= 4 is 0 Å². The van der Waals surface area contributed by atoms with Gasteiger partial charge in [0.1, 0.15) is 0 Å². The lowest BCUT2D eigenvalue weighted by Crippen LogP contribution is -2.34. The molecule has 0 saturated heterocycles. The van der Waals surface area contributed by atoms with E-state index in [4.69, 9.17) is 0 Å². The Bertz CT molecular complexity index is 131. The minimum atomic E-state index is 0.405. The summed E-state index contributed by atoms with van der Waals surface area (Å²) in [6, 6.07) is 0. The van der Waals surface area contributed by atoms with Gasteiger partial charge in [-0.3, -0.25) is 0 Å². The molecule has 0 aliphatic heterocycles. The Morgan fingerprint density at radius 1 is 0.923 bits per heavy atom. The lowest BCUT2D eigenvalue weighted by molar-refractivity contribution is 0.283. The monoisotopic (exact) mass is 185 g/mol. The molecule has 1 N–H and O–H groups in total. The van der Waals surface area contributed by atoms with E-state index in [0.29, 0.717) is 10.8 Å². The third kappa shape index (κ3) is 8.29. The van der Waals surface area contributed by atoms with E-state index in [1.54, 1.807) is 0 Å². The molecule has 0 spiro atoms. The summed E-state index contributed by atoms with van der Waals surface area (Å²) >= 11 is 0. The fourth-order valence-corrected chi connectivity index (χ4v) is 1.54. The van der Waals surface area contributed by atoms with Crippen LogP contribution in [-0.4, -0.2) is 13.1 Å². The second kappa shape index (κ2) is 4.99. The normalized spacial score (nSPS) is 13.4. The quantitative estimate of drug-likeness (QED) is 0.692. The number of hydrogen-bond acceptors (Lipinski definition) is 1. The van der Waals surface area contributed by atoms with Gasteiger partial charge in [-0.2, -0.15) is 0 Å². The molecule has 1 heteroatoms. The molecule has 0 atom stereocenters. The van der Waals surface area contributed by atoms with Crippen molar-refractivity contribution in [2.45, 2.75) is 54.4 Å². The van der Waals surface area contributed by atoms with E-state index in [9.17, 15) is 0 Å². The van der Waals surface area contributed by atoms with E-state index in [0.717, 1.165) is 13.1 Å². The molecule has 0 amide bonds. The Morgan fingerprint density at radius 2 is 1.46 bits per heavy atom. The SMILES string of the molecule is CCCC(C)(C)CNCC(C)(C)C. The van der Waals surface area contributed by atoms with Gasteiger partial charge in [-0.1, -0.05) is 48.0 Å². The molecular formula is C12H27N. The topological polar surface area (TPSA) is 12.0 Å². The molecule has 13 heavy (non-hydrogen) atoms. The van der Waals surface area contributed by atoms with Crippen molar-refractivity contribution < 1.29 is 0 Å². The van der Waals surface area contributed by atoms with Crippen molar-refractivity contribution in [3.05, 3.63) is 0 Å². The van der Waals surface area contributed by atoms with Gasteiger partial charge in [0, 0.05) is 13.1 Å². The summed E-state index contributed by atoms with van der Waals surface area (Å²) in [5.74, 6) is 0. The highest BCUT2D eigenvalue weighted by molar-refractivity contribution is 4.73. The van der Waals surface area contributed by atoms with E-state index in [-0.39, 0.29) is 0 Å². The van der Waals surface area contributed by atoms with Gasteiger partial charge in [-0.05, 0) is 17.3 Å². The van der Waals surface area contributed by atoms with Crippen molar-refractivity contribution in [1.29, 1.82) is 0 Å². The van der Waals surface area contributed by atoms with Crippen LogP contribution < -0.4 is 5.32 Å². The summed E-state index contributed by atoms with van der Waals surface area (Å²) < 4.78 is 0. The van der Waals surface area contributed by atoms with Crippen LogP contribution >= 0.6 is 0 Å². The number of hydrogen-bond donors (Lipinski definition) is 1. The Labute approximate surface area is 84.3 Å². The second-order valence-corrected chi connectivity index (χ2v) is 6.08. The maximum atomic E-state index is 3.55. The molecular weight excluding hydrogens is 158 g/mol. The third-order valence-corrected chi connectivity index (χ3v) is 2.19. The van der Waals surface area contributed by atoms with Gasteiger partial charge in [0.25, 0.3) is 0 Å². The average Bonchev–Trinajstić information content (AvgIpc) is 1.82. The maximum Gasteiger partial charge on any atom is 0.000274 e. The lowest BCUT2D eigenvalue weighted by Gasteiger charge is -2.27. The minimum Gasteiger partial charge on any atom is -0.316 e. The standard InChI is InChI=1S/C12H27N/c1-7-8-12(5,6)10-13-9-11(2,3)4/h13H,7-10H2,1-6H3. The first-order chi connectivity index (χ1) is 5.77. The first-order valence-electron chi connectivity index (χ1n) is 5.47. The fourth-order valence-electron chi connectivity index (χ4n) is 1.54. The summed E-state index contributed by atoms with van der Waals surface area (Å²) in [7, 11) is 0. The van der Waals surface area contributed by atoms with Gasteiger partial charge in [-0.25, -0.2) is 0 Å². The van der Waals surface area contributed by atoms with Gasteiger partial charge in [0.2, 0.25) is 0 Å².